The van der Waals surface area contributed by atoms with E-state index in [1.807, 2.05) is 67.6 Å². The first-order valence-corrected chi connectivity index (χ1v) is 12.6. The molecule has 5 rings (SSSR count). The lowest BCUT2D eigenvalue weighted by Gasteiger charge is -2.15. The zero-order chi connectivity index (χ0) is 26.1. The maximum Gasteiger partial charge on any atom is 0.344 e. The van der Waals surface area contributed by atoms with E-state index in [-0.39, 0.29) is 5.11 Å². The number of carbonyl (C=O) groups excluding carboxylic acids is 1. The van der Waals surface area contributed by atoms with Crippen molar-refractivity contribution >= 4 is 66.6 Å². The average Bonchev–Trinajstić information content (AvgIpc) is 2.88. The highest BCUT2D eigenvalue weighted by atomic mass is 79.9. The lowest BCUT2D eigenvalue weighted by Crippen LogP contribution is -2.34. The average molecular weight is 573 g/mol. The largest absolute Gasteiger partial charge is 0.495 e. The second-order valence-electron chi connectivity index (χ2n) is 8.42. The molecule has 0 spiro atoms. The molecule has 0 aliphatic carbocycles. The van der Waals surface area contributed by atoms with E-state index in [9.17, 15) is 9.59 Å². The first-order chi connectivity index (χ1) is 17.9. The van der Waals surface area contributed by atoms with Gasteiger partial charge in [-0.3, -0.25) is 10.1 Å². The van der Waals surface area contributed by atoms with Gasteiger partial charge in [-0.25, -0.2) is 4.79 Å². The second-order valence-corrected chi connectivity index (χ2v) is 9.62. The van der Waals surface area contributed by atoms with E-state index in [1.54, 1.807) is 18.2 Å². The van der Waals surface area contributed by atoms with Gasteiger partial charge in [0.15, 0.2) is 5.11 Å². The number of ether oxygens (including phenoxy) is 1. The van der Waals surface area contributed by atoms with Crippen molar-refractivity contribution < 1.29 is 13.9 Å². The highest BCUT2D eigenvalue weighted by molar-refractivity contribution is 9.10. The molecule has 8 heteroatoms. The van der Waals surface area contributed by atoms with Crippen LogP contribution in [0.3, 0.4) is 0 Å². The Hall–Kier alpha value is -4.01. The van der Waals surface area contributed by atoms with Gasteiger partial charge < -0.3 is 14.5 Å². The molecule has 0 fully saturated rings. The Morgan fingerprint density at radius 2 is 1.68 bits per heavy atom. The molecule has 0 aliphatic heterocycles. The summed E-state index contributed by atoms with van der Waals surface area (Å²) in [5.74, 6) is 0.0244. The Bertz CT molecular complexity index is 1760. The van der Waals surface area contributed by atoms with Crippen molar-refractivity contribution in [3.8, 4) is 16.9 Å². The molecule has 0 saturated carbocycles. The fourth-order valence-electron chi connectivity index (χ4n) is 4.28. The minimum atomic E-state index is -0.402. The molecule has 6 nitrogen and oxygen atoms in total. The number of fused-ring (bicyclic) bond motifs is 2. The zero-order valence-electron chi connectivity index (χ0n) is 19.9. The van der Waals surface area contributed by atoms with Crippen molar-refractivity contribution in [2.45, 2.75) is 6.92 Å². The standard InChI is InChI=1S/C29H21BrN2O4S/c1-16-13-19(11-12-20(16)22-15-18-8-4-6-10-24(18)36-28(22)34)31-29(37)32-27(33)23-14-17-7-3-5-9-21(17)25(30)26(23)35-2/h3-15H,1-2H3,(H2,31,32,33,37). The van der Waals surface area contributed by atoms with Crippen LogP contribution in [-0.2, 0) is 0 Å². The van der Waals surface area contributed by atoms with Crippen molar-refractivity contribution in [1.82, 2.24) is 5.32 Å². The number of hydrogen-bond donors (Lipinski definition) is 2. The van der Waals surface area contributed by atoms with E-state index in [1.165, 1.54) is 7.11 Å². The number of halogens is 1. The Morgan fingerprint density at radius 3 is 2.43 bits per heavy atom. The van der Waals surface area contributed by atoms with Crippen LogP contribution in [0.4, 0.5) is 5.69 Å². The van der Waals surface area contributed by atoms with Crippen molar-refractivity contribution in [3.63, 3.8) is 0 Å². The summed E-state index contributed by atoms with van der Waals surface area (Å²) < 4.78 is 11.7. The third-order valence-electron chi connectivity index (χ3n) is 6.03. The molecule has 5 aromatic rings. The Labute approximate surface area is 226 Å². The molecule has 1 heterocycles. The molecule has 0 aliphatic rings. The minimum absolute atomic E-state index is 0.133. The van der Waals surface area contributed by atoms with E-state index < -0.39 is 11.5 Å². The van der Waals surface area contributed by atoms with Crippen LogP contribution in [0.1, 0.15) is 15.9 Å². The first-order valence-electron chi connectivity index (χ1n) is 11.4. The highest BCUT2D eigenvalue weighted by Crippen LogP contribution is 2.36. The van der Waals surface area contributed by atoms with E-state index >= 15 is 0 Å². The van der Waals surface area contributed by atoms with Gasteiger partial charge in [-0.15, -0.1) is 0 Å². The van der Waals surface area contributed by atoms with Crippen LogP contribution < -0.4 is 21.0 Å². The van der Waals surface area contributed by atoms with Gasteiger partial charge in [-0.05, 0) is 87.3 Å². The maximum absolute atomic E-state index is 13.1. The van der Waals surface area contributed by atoms with Crippen molar-refractivity contribution in [1.29, 1.82) is 0 Å². The van der Waals surface area contributed by atoms with Gasteiger partial charge in [0.05, 0.1) is 22.7 Å². The molecule has 4 aromatic carbocycles. The van der Waals surface area contributed by atoms with Crippen LogP contribution in [0.25, 0.3) is 32.9 Å². The molecule has 0 radical (unpaired) electrons. The van der Waals surface area contributed by atoms with Crippen molar-refractivity contribution in [3.05, 3.63) is 105 Å². The number of carbonyl (C=O) groups is 1. The van der Waals surface area contributed by atoms with Crippen LogP contribution >= 0.6 is 28.1 Å². The van der Waals surface area contributed by atoms with Gasteiger partial charge in [0.25, 0.3) is 5.91 Å². The SMILES string of the molecule is COc1c(C(=O)NC(=S)Nc2ccc(-c3cc4ccccc4oc3=O)c(C)c2)cc2ccccc2c1Br. The molecular formula is C29H21BrN2O4S. The Kier molecular flexibility index (Phi) is 6.78. The van der Waals surface area contributed by atoms with Crippen LogP contribution in [-0.4, -0.2) is 18.1 Å². The predicted octanol–water partition coefficient (Wildman–Crippen LogP) is 6.82. The number of methoxy groups -OCH3 is 1. The molecule has 1 aromatic heterocycles. The maximum atomic E-state index is 13.1. The van der Waals surface area contributed by atoms with Crippen molar-refractivity contribution in [2.75, 3.05) is 12.4 Å². The summed E-state index contributed by atoms with van der Waals surface area (Å²) in [4.78, 5) is 25.7. The number of rotatable bonds is 4. The monoisotopic (exact) mass is 572 g/mol. The summed E-state index contributed by atoms with van der Waals surface area (Å²) >= 11 is 8.95. The molecule has 1 amide bonds. The molecule has 2 N–H and O–H groups in total. The number of hydrogen-bond acceptors (Lipinski definition) is 5. The highest BCUT2D eigenvalue weighted by Gasteiger charge is 2.19. The Balaban J connectivity index is 1.36. The number of anilines is 1. The molecule has 0 unspecified atom stereocenters. The fraction of sp³-hybridized carbons (Fsp3) is 0.0690. The number of thiocarbonyl (C=S) groups is 1. The molecule has 0 atom stereocenters. The second kappa shape index (κ2) is 10.2. The topological polar surface area (TPSA) is 80.6 Å². The molecule has 0 saturated heterocycles. The molecular weight excluding hydrogens is 552 g/mol. The third kappa shape index (κ3) is 4.85. The van der Waals surface area contributed by atoms with Crippen molar-refractivity contribution in [2.24, 2.45) is 0 Å². The number of aryl methyl sites for hydroxylation is 1. The first kappa shape index (κ1) is 24.7. The lowest BCUT2D eigenvalue weighted by molar-refractivity contribution is 0.0975. The van der Waals surface area contributed by atoms with Gasteiger partial charge in [0, 0.05) is 11.1 Å². The minimum Gasteiger partial charge on any atom is -0.495 e. The quantitative estimate of drug-likeness (QED) is 0.182. The van der Waals surface area contributed by atoms with Crippen LogP contribution in [0.5, 0.6) is 5.75 Å². The fourth-order valence-corrected chi connectivity index (χ4v) is 5.23. The summed E-state index contributed by atoms with van der Waals surface area (Å²) in [5, 5.41) is 8.57. The van der Waals surface area contributed by atoms with Crippen LogP contribution in [0, 0.1) is 6.92 Å². The van der Waals surface area contributed by atoms with E-state index in [0.717, 1.165) is 27.3 Å². The summed E-state index contributed by atoms with van der Waals surface area (Å²) in [6.45, 7) is 1.90. The predicted molar refractivity (Wildman–Crippen MR) is 155 cm³/mol. The Morgan fingerprint density at radius 1 is 0.946 bits per heavy atom. The molecule has 37 heavy (non-hydrogen) atoms. The van der Waals surface area contributed by atoms with E-state index in [2.05, 4.69) is 26.6 Å². The van der Waals surface area contributed by atoms with Gasteiger partial charge in [0.2, 0.25) is 0 Å². The summed E-state index contributed by atoms with van der Waals surface area (Å²) in [6, 6.07) is 24.2. The molecule has 0 bridgehead atoms. The number of nitrogens with one attached hydrogen (secondary N) is 2. The van der Waals surface area contributed by atoms with Gasteiger partial charge in [-0.2, -0.15) is 0 Å². The summed E-state index contributed by atoms with van der Waals surface area (Å²) in [7, 11) is 1.52. The van der Waals surface area contributed by atoms with Gasteiger partial charge in [0.1, 0.15) is 11.3 Å². The number of benzene rings is 4. The van der Waals surface area contributed by atoms with Gasteiger partial charge in [-0.1, -0.05) is 48.5 Å². The zero-order valence-corrected chi connectivity index (χ0v) is 22.3. The normalized spacial score (nSPS) is 10.9. The number of para-hydroxylation sites is 1. The summed E-state index contributed by atoms with van der Waals surface area (Å²) in [6.07, 6.45) is 0. The van der Waals surface area contributed by atoms with Crippen LogP contribution in [0.2, 0.25) is 0 Å². The third-order valence-corrected chi connectivity index (χ3v) is 7.02. The van der Waals surface area contributed by atoms with E-state index in [0.29, 0.717) is 32.6 Å². The van der Waals surface area contributed by atoms with Gasteiger partial charge >= 0.3 is 5.63 Å². The molecule has 184 valence electrons. The van der Waals surface area contributed by atoms with E-state index in [4.69, 9.17) is 21.4 Å². The summed E-state index contributed by atoms with van der Waals surface area (Å²) in [5.41, 5.74) is 3.25. The van der Waals surface area contributed by atoms with Crippen LogP contribution in [0.15, 0.2) is 92.5 Å². The lowest BCUT2D eigenvalue weighted by atomic mass is 10.0. The smallest absolute Gasteiger partial charge is 0.344 e. The number of amides is 1.